The first-order chi connectivity index (χ1) is 4.72. The van der Waals surface area contributed by atoms with E-state index in [1.807, 2.05) is 32.9 Å². The topological polar surface area (TPSA) is 9.23 Å². The van der Waals surface area contributed by atoms with Gasteiger partial charge in [0.25, 0.3) is 0 Å². The van der Waals surface area contributed by atoms with Gasteiger partial charge in [-0.2, -0.15) is 0 Å². The van der Waals surface area contributed by atoms with Crippen LogP contribution < -0.4 is 0 Å². The molecule has 0 aliphatic carbocycles. The number of rotatable bonds is 2. The van der Waals surface area contributed by atoms with Crippen molar-refractivity contribution < 1.29 is 4.74 Å². The minimum Gasteiger partial charge on any atom is -0.378 e. The maximum atomic E-state index is 4.78. The molecule has 60 valence electrons. The van der Waals surface area contributed by atoms with Crippen molar-refractivity contribution in [2.75, 3.05) is 7.11 Å². The van der Waals surface area contributed by atoms with Gasteiger partial charge in [-0.15, -0.1) is 6.58 Å². The fourth-order valence-electron chi connectivity index (χ4n) is 0.0962. The molecule has 1 atom stereocenters. The van der Waals surface area contributed by atoms with Gasteiger partial charge >= 0.3 is 0 Å². The summed E-state index contributed by atoms with van der Waals surface area (Å²) in [5.41, 5.74) is 0. The van der Waals surface area contributed by atoms with E-state index in [1.165, 1.54) is 0 Å². The molecule has 0 spiro atoms. The fraction of sp³-hybridized carbons (Fsp3) is 0.556. The largest absolute Gasteiger partial charge is 0.378 e. The normalized spacial score (nSPS) is 12.0. The summed E-state index contributed by atoms with van der Waals surface area (Å²) >= 11 is 0. The van der Waals surface area contributed by atoms with Crippen LogP contribution in [0.4, 0.5) is 0 Å². The van der Waals surface area contributed by atoms with E-state index >= 15 is 0 Å². The van der Waals surface area contributed by atoms with Crippen LogP contribution in [-0.2, 0) is 4.74 Å². The molecular formula is C9H18O. The molecule has 0 N–H and O–H groups in total. The van der Waals surface area contributed by atoms with Crippen molar-refractivity contribution in [3.63, 3.8) is 0 Å². The highest BCUT2D eigenvalue weighted by atomic mass is 16.5. The van der Waals surface area contributed by atoms with Gasteiger partial charge in [0, 0.05) is 7.11 Å². The molecule has 0 amide bonds. The second kappa shape index (κ2) is 11.3. The van der Waals surface area contributed by atoms with Crippen molar-refractivity contribution in [3.8, 4) is 0 Å². The lowest BCUT2D eigenvalue weighted by Gasteiger charge is -1.97. The fourth-order valence-corrected chi connectivity index (χ4v) is 0.0962. The Morgan fingerprint density at radius 1 is 1.30 bits per heavy atom. The lowest BCUT2D eigenvalue weighted by molar-refractivity contribution is 0.156. The molecule has 0 fully saturated rings. The average Bonchev–Trinajstić information content (AvgIpc) is 2.03. The van der Waals surface area contributed by atoms with Crippen LogP contribution in [0.3, 0.4) is 0 Å². The molecule has 1 heteroatoms. The van der Waals surface area contributed by atoms with Crippen LogP contribution in [0, 0.1) is 0 Å². The standard InChI is InChI=1S/C5H10O.C4H8/c1-4-5(2)6-3;1-3-4-2/h4-5H,1H2,2-3H3;3-4H,1-2H3/b;4-3+. The summed E-state index contributed by atoms with van der Waals surface area (Å²) in [6, 6.07) is 0. The van der Waals surface area contributed by atoms with Crippen LogP contribution in [0.15, 0.2) is 24.8 Å². The number of allylic oxidation sites excluding steroid dienone is 2. The Morgan fingerprint density at radius 2 is 1.70 bits per heavy atom. The molecule has 1 nitrogen and oxygen atoms in total. The van der Waals surface area contributed by atoms with E-state index in [0.29, 0.717) is 0 Å². The van der Waals surface area contributed by atoms with E-state index in [1.54, 1.807) is 13.2 Å². The first kappa shape index (κ1) is 12.1. The molecule has 0 aliphatic heterocycles. The molecule has 1 unspecified atom stereocenters. The summed E-state index contributed by atoms with van der Waals surface area (Å²) in [5.74, 6) is 0. The number of hydrogen-bond acceptors (Lipinski definition) is 1. The SMILES string of the molecule is C/C=C/C.C=CC(C)OC. The second-order valence-electron chi connectivity index (χ2n) is 1.84. The molecule has 0 heterocycles. The van der Waals surface area contributed by atoms with Crippen LogP contribution in [0.2, 0.25) is 0 Å². The molecule has 0 aromatic carbocycles. The Labute approximate surface area is 64.4 Å². The molecule has 0 aliphatic rings. The van der Waals surface area contributed by atoms with Gasteiger partial charge in [0.1, 0.15) is 0 Å². The third-order valence-electron chi connectivity index (χ3n) is 1.04. The van der Waals surface area contributed by atoms with Gasteiger partial charge in [-0.3, -0.25) is 0 Å². The van der Waals surface area contributed by atoms with Gasteiger partial charge in [0.05, 0.1) is 6.10 Å². The third-order valence-corrected chi connectivity index (χ3v) is 1.04. The van der Waals surface area contributed by atoms with Crippen LogP contribution in [0.25, 0.3) is 0 Å². The minimum absolute atomic E-state index is 0.199. The Hall–Kier alpha value is -0.560. The number of hydrogen-bond donors (Lipinski definition) is 0. The molecule has 0 aromatic rings. The Balaban J connectivity index is 0. The Morgan fingerprint density at radius 3 is 1.70 bits per heavy atom. The lowest BCUT2D eigenvalue weighted by Crippen LogP contribution is -1.96. The zero-order valence-corrected chi connectivity index (χ0v) is 7.42. The van der Waals surface area contributed by atoms with Crippen molar-refractivity contribution in [2.24, 2.45) is 0 Å². The van der Waals surface area contributed by atoms with Crippen molar-refractivity contribution in [3.05, 3.63) is 24.8 Å². The lowest BCUT2D eigenvalue weighted by atomic mass is 10.4. The number of methoxy groups -OCH3 is 1. The van der Waals surface area contributed by atoms with Crippen LogP contribution in [0.1, 0.15) is 20.8 Å². The molecule has 0 saturated heterocycles. The van der Waals surface area contributed by atoms with Crippen molar-refractivity contribution in [1.29, 1.82) is 0 Å². The molecule has 0 aromatic heterocycles. The molecule has 0 radical (unpaired) electrons. The van der Waals surface area contributed by atoms with Gasteiger partial charge < -0.3 is 4.74 Å². The maximum Gasteiger partial charge on any atom is 0.0721 e. The summed E-state index contributed by atoms with van der Waals surface area (Å²) in [4.78, 5) is 0. The number of ether oxygens (including phenoxy) is 1. The van der Waals surface area contributed by atoms with Gasteiger partial charge in [-0.05, 0) is 20.8 Å². The molecule has 0 bridgehead atoms. The van der Waals surface area contributed by atoms with E-state index in [0.717, 1.165) is 0 Å². The first-order valence-corrected chi connectivity index (χ1v) is 3.45. The summed E-state index contributed by atoms with van der Waals surface area (Å²) in [5, 5.41) is 0. The van der Waals surface area contributed by atoms with Crippen LogP contribution >= 0.6 is 0 Å². The highest BCUT2D eigenvalue weighted by Crippen LogP contribution is 1.83. The minimum atomic E-state index is 0.199. The van der Waals surface area contributed by atoms with Crippen molar-refractivity contribution in [1.82, 2.24) is 0 Å². The van der Waals surface area contributed by atoms with Gasteiger partial charge in [0.2, 0.25) is 0 Å². The van der Waals surface area contributed by atoms with Crippen molar-refractivity contribution in [2.45, 2.75) is 26.9 Å². The first-order valence-electron chi connectivity index (χ1n) is 3.45. The van der Waals surface area contributed by atoms with Crippen LogP contribution in [-0.4, -0.2) is 13.2 Å². The van der Waals surface area contributed by atoms with Gasteiger partial charge in [-0.1, -0.05) is 18.2 Å². The molecule has 0 rings (SSSR count). The average molecular weight is 142 g/mol. The maximum absolute atomic E-state index is 4.78. The van der Waals surface area contributed by atoms with Gasteiger partial charge in [-0.25, -0.2) is 0 Å². The zero-order valence-electron chi connectivity index (χ0n) is 7.42. The quantitative estimate of drug-likeness (QED) is 0.539. The predicted octanol–water partition coefficient (Wildman–Crippen LogP) is 2.79. The summed E-state index contributed by atoms with van der Waals surface area (Å²) in [7, 11) is 1.66. The van der Waals surface area contributed by atoms with E-state index in [4.69, 9.17) is 4.74 Å². The highest BCUT2D eigenvalue weighted by Gasteiger charge is 1.83. The van der Waals surface area contributed by atoms with E-state index < -0.39 is 0 Å². The van der Waals surface area contributed by atoms with E-state index in [9.17, 15) is 0 Å². The van der Waals surface area contributed by atoms with Crippen molar-refractivity contribution >= 4 is 0 Å². The summed E-state index contributed by atoms with van der Waals surface area (Å²) < 4.78 is 4.78. The predicted molar refractivity (Wildman–Crippen MR) is 47.2 cm³/mol. The van der Waals surface area contributed by atoms with Gasteiger partial charge in [0.15, 0.2) is 0 Å². The van der Waals surface area contributed by atoms with Crippen LogP contribution in [0.5, 0.6) is 0 Å². The second-order valence-corrected chi connectivity index (χ2v) is 1.84. The molecule has 10 heavy (non-hydrogen) atoms. The third kappa shape index (κ3) is 15.7. The molecule has 0 saturated carbocycles. The summed E-state index contributed by atoms with van der Waals surface area (Å²) in [6.45, 7) is 9.44. The van der Waals surface area contributed by atoms with E-state index in [2.05, 4.69) is 6.58 Å². The van der Waals surface area contributed by atoms with E-state index in [-0.39, 0.29) is 6.10 Å². The smallest absolute Gasteiger partial charge is 0.0721 e. The molecular weight excluding hydrogens is 124 g/mol. The summed E-state index contributed by atoms with van der Waals surface area (Å²) in [6.07, 6.45) is 5.95. The zero-order chi connectivity index (χ0) is 8.41. The highest BCUT2D eigenvalue weighted by molar-refractivity contribution is 4.73. The Bertz CT molecular complexity index is 80.7. The monoisotopic (exact) mass is 142 g/mol. The Kier molecular flexibility index (Phi) is 13.7.